The maximum atomic E-state index is 11.5. The monoisotopic (exact) mass is 305 g/mol. The lowest BCUT2D eigenvalue weighted by Gasteiger charge is -2.24. The number of rotatable bonds is 6. The zero-order valence-corrected chi connectivity index (χ0v) is 12.6. The third kappa shape index (κ3) is 3.85. The Kier molecular flexibility index (Phi) is 5.54. The summed E-state index contributed by atoms with van der Waals surface area (Å²) in [6, 6.07) is 9.30. The van der Waals surface area contributed by atoms with Crippen LogP contribution in [0, 0.1) is 0 Å². The van der Waals surface area contributed by atoms with Crippen molar-refractivity contribution in [1.29, 1.82) is 0 Å². The molecule has 1 aliphatic rings. The second-order valence-electron chi connectivity index (χ2n) is 5.67. The van der Waals surface area contributed by atoms with Gasteiger partial charge >= 0.3 is 0 Å². The van der Waals surface area contributed by atoms with Crippen LogP contribution in [0.15, 0.2) is 42.6 Å². The second-order valence-corrected chi connectivity index (χ2v) is 5.67. The number of aliphatic hydroxyl groups is 1. The van der Waals surface area contributed by atoms with E-state index in [9.17, 15) is 9.90 Å². The predicted octanol–water partition coefficient (Wildman–Crippen LogP) is 0.490. The summed E-state index contributed by atoms with van der Waals surface area (Å²) in [7, 11) is 0. The fourth-order valence-corrected chi connectivity index (χ4v) is 2.76. The molecule has 0 radical (unpaired) electrons. The van der Waals surface area contributed by atoms with Crippen LogP contribution in [0.25, 0.3) is 0 Å². The van der Waals surface area contributed by atoms with Gasteiger partial charge in [0.05, 0.1) is 6.10 Å². The van der Waals surface area contributed by atoms with Crippen LogP contribution in [0.5, 0.6) is 0 Å². The average molecular weight is 305 g/mol. The van der Waals surface area contributed by atoms with Crippen LogP contribution in [0.2, 0.25) is 0 Å². The van der Waals surface area contributed by atoms with Crippen molar-refractivity contribution in [2.24, 2.45) is 0 Å². The molecule has 5 N–H and O–H groups in total. The standard InChI is InChI=1S/C16H23N3O3/c1-10(18-15(11(2)20)16(21)19-22)14-8-13(9-17-14)12-6-4-3-5-7-12/h3-7,11,13-15,17-18,20,22H,1,8-9H2,2H3,(H,19,21)/t11-,13-,14+,15+/m1/s1. The van der Waals surface area contributed by atoms with E-state index in [1.54, 1.807) is 5.48 Å². The molecule has 0 saturated carbocycles. The van der Waals surface area contributed by atoms with Crippen LogP contribution in [-0.2, 0) is 4.79 Å². The summed E-state index contributed by atoms with van der Waals surface area (Å²) in [5, 5.41) is 24.6. The molecule has 22 heavy (non-hydrogen) atoms. The Morgan fingerprint density at radius 3 is 2.68 bits per heavy atom. The van der Waals surface area contributed by atoms with Gasteiger partial charge in [-0.25, -0.2) is 5.48 Å². The minimum absolute atomic E-state index is 0.0120. The molecule has 2 rings (SSSR count). The molecule has 1 heterocycles. The van der Waals surface area contributed by atoms with Crippen molar-refractivity contribution in [2.75, 3.05) is 6.54 Å². The molecule has 0 bridgehead atoms. The molecule has 0 unspecified atom stereocenters. The van der Waals surface area contributed by atoms with Gasteiger partial charge in [0.2, 0.25) is 0 Å². The smallest absolute Gasteiger partial charge is 0.268 e. The number of benzene rings is 1. The zero-order chi connectivity index (χ0) is 16.1. The SMILES string of the molecule is C=C(N[C@H](C(=O)NO)[C@@H](C)O)[C@@H]1C[C@@H](c2ccccc2)CN1. The number of carbonyl (C=O) groups is 1. The highest BCUT2D eigenvalue weighted by Crippen LogP contribution is 2.27. The van der Waals surface area contributed by atoms with E-state index < -0.39 is 18.1 Å². The van der Waals surface area contributed by atoms with Crippen molar-refractivity contribution in [2.45, 2.75) is 37.5 Å². The quantitative estimate of drug-likeness (QED) is 0.390. The Morgan fingerprint density at radius 2 is 2.09 bits per heavy atom. The fourth-order valence-electron chi connectivity index (χ4n) is 2.76. The molecule has 6 heteroatoms. The van der Waals surface area contributed by atoms with E-state index in [1.165, 1.54) is 12.5 Å². The number of carbonyl (C=O) groups excluding carboxylic acids is 1. The van der Waals surface area contributed by atoms with Gasteiger partial charge in [-0.3, -0.25) is 10.0 Å². The number of hydrogen-bond donors (Lipinski definition) is 5. The van der Waals surface area contributed by atoms with E-state index in [2.05, 4.69) is 29.3 Å². The van der Waals surface area contributed by atoms with E-state index in [0.29, 0.717) is 11.6 Å². The van der Waals surface area contributed by atoms with Crippen molar-refractivity contribution in [3.8, 4) is 0 Å². The lowest BCUT2D eigenvalue weighted by atomic mass is 9.95. The molecular formula is C16H23N3O3. The van der Waals surface area contributed by atoms with Gasteiger partial charge in [0.1, 0.15) is 6.04 Å². The van der Waals surface area contributed by atoms with Gasteiger partial charge in [-0.1, -0.05) is 36.9 Å². The maximum absolute atomic E-state index is 11.5. The number of aliphatic hydroxyl groups excluding tert-OH is 1. The summed E-state index contributed by atoms with van der Waals surface area (Å²) in [5.41, 5.74) is 3.46. The number of hydrogen-bond acceptors (Lipinski definition) is 5. The Balaban J connectivity index is 1.95. The molecule has 4 atom stereocenters. The van der Waals surface area contributed by atoms with E-state index in [4.69, 9.17) is 5.21 Å². The first-order valence-corrected chi connectivity index (χ1v) is 7.38. The molecule has 0 aromatic heterocycles. The Labute approximate surface area is 130 Å². The molecule has 1 aromatic carbocycles. The van der Waals surface area contributed by atoms with Gasteiger partial charge in [0.25, 0.3) is 5.91 Å². The first-order valence-electron chi connectivity index (χ1n) is 7.38. The summed E-state index contributed by atoms with van der Waals surface area (Å²) in [6.07, 6.45) is -0.0847. The molecule has 6 nitrogen and oxygen atoms in total. The van der Waals surface area contributed by atoms with E-state index >= 15 is 0 Å². The van der Waals surface area contributed by atoms with Crippen LogP contribution in [0.4, 0.5) is 0 Å². The van der Waals surface area contributed by atoms with E-state index in [0.717, 1.165) is 13.0 Å². The molecule has 1 aromatic rings. The fraction of sp³-hybridized carbons (Fsp3) is 0.438. The molecule has 1 aliphatic heterocycles. The molecule has 120 valence electrons. The third-order valence-corrected chi connectivity index (χ3v) is 4.04. The van der Waals surface area contributed by atoms with Crippen molar-refractivity contribution in [1.82, 2.24) is 16.1 Å². The molecule has 0 aliphatic carbocycles. The van der Waals surface area contributed by atoms with Crippen LogP contribution in [0.1, 0.15) is 24.8 Å². The van der Waals surface area contributed by atoms with E-state index in [-0.39, 0.29) is 6.04 Å². The topological polar surface area (TPSA) is 93.6 Å². The van der Waals surface area contributed by atoms with Crippen molar-refractivity contribution in [3.63, 3.8) is 0 Å². The predicted molar refractivity (Wildman–Crippen MR) is 83.3 cm³/mol. The van der Waals surface area contributed by atoms with Crippen LogP contribution in [0.3, 0.4) is 0 Å². The molecule has 1 amide bonds. The van der Waals surface area contributed by atoms with Gasteiger partial charge in [0.15, 0.2) is 0 Å². The highest BCUT2D eigenvalue weighted by molar-refractivity contribution is 5.81. The summed E-state index contributed by atoms with van der Waals surface area (Å²) in [6.45, 7) is 6.27. The van der Waals surface area contributed by atoms with Crippen molar-refractivity contribution < 1.29 is 15.1 Å². The molecule has 0 spiro atoms. The zero-order valence-electron chi connectivity index (χ0n) is 12.6. The van der Waals surface area contributed by atoms with Gasteiger partial charge in [-0.15, -0.1) is 0 Å². The lowest BCUT2D eigenvalue weighted by molar-refractivity contribution is -0.133. The van der Waals surface area contributed by atoms with Gasteiger partial charge in [-0.05, 0) is 24.8 Å². The summed E-state index contributed by atoms with van der Waals surface area (Å²) in [4.78, 5) is 11.5. The lowest BCUT2D eigenvalue weighted by Crippen LogP contribution is -2.51. The first kappa shape index (κ1) is 16.5. The van der Waals surface area contributed by atoms with E-state index in [1.807, 2.05) is 18.2 Å². The minimum atomic E-state index is -0.949. The van der Waals surface area contributed by atoms with Crippen molar-refractivity contribution >= 4 is 5.91 Å². The minimum Gasteiger partial charge on any atom is -0.391 e. The average Bonchev–Trinajstić information content (AvgIpc) is 3.02. The van der Waals surface area contributed by atoms with Crippen LogP contribution < -0.4 is 16.1 Å². The number of hydroxylamine groups is 1. The third-order valence-electron chi connectivity index (χ3n) is 4.04. The first-order chi connectivity index (χ1) is 10.5. The summed E-state index contributed by atoms with van der Waals surface area (Å²) >= 11 is 0. The Morgan fingerprint density at radius 1 is 1.41 bits per heavy atom. The van der Waals surface area contributed by atoms with Crippen molar-refractivity contribution in [3.05, 3.63) is 48.2 Å². The number of amides is 1. The van der Waals surface area contributed by atoms with Gasteiger partial charge < -0.3 is 15.7 Å². The highest BCUT2D eigenvalue weighted by atomic mass is 16.5. The largest absolute Gasteiger partial charge is 0.391 e. The Bertz CT molecular complexity index is 519. The number of nitrogens with one attached hydrogen (secondary N) is 3. The highest BCUT2D eigenvalue weighted by Gasteiger charge is 2.30. The van der Waals surface area contributed by atoms with Gasteiger partial charge in [0, 0.05) is 18.3 Å². The summed E-state index contributed by atoms with van der Waals surface area (Å²) in [5.74, 6) is -0.296. The summed E-state index contributed by atoms with van der Waals surface area (Å²) < 4.78 is 0. The second kappa shape index (κ2) is 7.40. The van der Waals surface area contributed by atoms with Crippen LogP contribution in [-0.4, -0.2) is 41.0 Å². The molecule has 1 saturated heterocycles. The van der Waals surface area contributed by atoms with Crippen LogP contribution >= 0.6 is 0 Å². The van der Waals surface area contributed by atoms with Gasteiger partial charge in [-0.2, -0.15) is 0 Å². The normalized spacial score (nSPS) is 23.6. The Hall–Kier alpha value is -1.89. The molecular weight excluding hydrogens is 282 g/mol. The molecule has 1 fully saturated rings. The maximum Gasteiger partial charge on any atom is 0.268 e.